The summed E-state index contributed by atoms with van der Waals surface area (Å²) in [4.78, 5) is 17.7. The van der Waals surface area contributed by atoms with E-state index in [9.17, 15) is 10.1 Å². The number of nitrogens with one attached hydrogen (secondary N) is 1. The van der Waals surface area contributed by atoms with Gasteiger partial charge in [0.25, 0.3) is 0 Å². The Morgan fingerprint density at radius 2 is 2.14 bits per heavy atom. The molecule has 1 aromatic heterocycles. The first-order valence-corrected chi connectivity index (χ1v) is 6.28. The van der Waals surface area contributed by atoms with Crippen LogP contribution >= 0.6 is 0 Å². The van der Waals surface area contributed by atoms with Crippen LogP contribution in [0.1, 0.15) is 6.92 Å². The Morgan fingerprint density at radius 1 is 1.43 bits per heavy atom. The van der Waals surface area contributed by atoms with Crippen molar-refractivity contribution >= 4 is 17.5 Å². The molecule has 2 rings (SSSR count). The molecule has 21 heavy (non-hydrogen) atoms. The van der Waals surface area contributed by atoms with Crippen LogP contribution in [0.4, 0.5) is 17.5 Å². The summed E-state index contributed by atoms with van der Waals surface area (Å²) < 4.78 is 5.67. The van der Waals surface area contributed by atoms with Crippen molar-refractivity contribution in [3.8, 4) is 5.75 Å². The monoisotopic (exact) mass is 289 g/mol. The predicted octanol–water partition coefficient (Wildman–Crippen LogP) is 1.85. The van der Waals surface area contributed by atoms with Crippen molar-refractivity contribution in [2.45, 2.75) is 13.0 Å². The van der Waals surface area contributed by atoms with Gasteiger partial charge in [0.05, 0.1) is 11.5 Å². The zero-order valence-corrected chi connectivity index (χ0v) is 11.4. The summed E-state index contributed by atoms with van der Waals surface area (Å²) in [5.41, 5.74) is 5.18. The highest BCUT2D eigenvalue weighted by Gasteiger charge is 2.14. The molecule has 0 spiro atoms. The predicted molar refractivity (Wildman–Crippen MR) is 78.1 cm³/mol. The molecular formula is C13H15N5O3. The number of aromatic nitrogens is 2. The maximum Gasteiger partial charge on any atom is 0.329 e. The molecule has 0 amide bonds. The Kier molecular flexibility index (Phi) is 4.50. The molecule has 8 heteroatoms. The third kappa shape index (κ3) is 4.03. The first-order chi connectivity index (χ1) is 10.1. The van der Waals surface area contributed by atoms with Gasteiger partial charge in [0.15, 0.2) is 0 Å². The van der Waals surface area contributed by atoms with Crippen molar-refractivity contribution in [1.29, 1.82) is 0 Å². The molecule has 0 radical (unpaired) electrons. The summed E-state index contributed by atoms with van der Waals surface area (Å²) >= 11 is 0. The van der Waals surface area contributed by atoms with E-state index in [0.29, 0.717) is 6.54 Å². The molecule has 1 unspecified atom stereocenters. The fourth-order valence-corrected chi connectivity index (χ4v) is 1.62. The number of hydrogen-bond donors (Lipinski definition) is 2. The van der Waals surface area contributed by atoms with Crippen LogP contribution < -0.4 is 15.8 Å². The number of ether oxygens (including phenoxy) is 1. The average Bonchev–Trinajstić information content (AvgIpc) is 2.46. The minimum atomic E-state index is -0.625. The molecule has 8 nitrogen and oxygen atoms in total. The number of nitrogens with two attached hydrogens (primary N) is 1. The largest absolute Gasteiger partial charge is 0.489 e. The fraction of sp³-hybridized carbons (Fsp3) is 0.231. The first kappa shape index (κ1) is 14.5. The van der Waals surface area contributed by atoms with Crippen LogP contribution in [0.5, 0.6) is 5.75 Å². The zero-order chi connectivity index (χ0) is 15.2. The highest BCUT2D eigenvalue weighted by molar-refractivity contribution is 5.53. The van der Waals surface area contributed by atoms with Crippen molar-refractivity contribution < 1.29 is 9.66 Å². The molecule has 110 valence electrons. The molecule has 0 fully saturated rings. The Balaban J connectivity index is 1.91. The standard InChI is InChI=1S/C13H15N5O3/c1-9(21-10-5-3-2-4-6-10)7-15-13-16-8-11(18(19)20)12(14)17-13/h2-6,8-9H,7H2,1H3,(H3,14,15,16,17). The van der Waals surface area contributed by atoms with E-state index >= 15 is 0 Å². The Hall–Kier alpha value is -2.90. The second-order valence-electron chi connectivity index (χ2n) is 4.34. The van der Waals surface area contributed by atoms with Crippen molar-refractivity contribution in [3.63, 3.8) is 0 Å². The second kappa shape index (κ2) is 6.51. The molecular weight excluding hydrogens is 274 g/mol. The summed E-state index contributed by atoms with van der Waals surface area (Å²) in [6.07, 6.45) is 0.945. The minimum Gasteiger partial charge on any atom is -0.489 e. The van der Waals surface area contributed by atoms with Gasteiger partial charge in [0, 0.05) is 0 Å². The summed E-state index contributed by atoms with van der Waals surface area (Å²) in [5.74, 6) is 0.812. The van der Waals surface area contributed by atoms with Gasteiger partial charge < -0.3 is 15.8 Å². The van der Waals surface area contributed by atoms with Gasteiger partial charge in [0.2, 0.25) is 11.8 Å². The number of nitro groups is 1. The van der Waals surface area contributed by atoms with Crippen LogP contribution in [0.3, 0.4) is 0 Å². The molecule has 0 aliphatic rings. The SMILES string of the molecule is CC(CNc1ncc([N+](=O)[O-])c(N)n1)Oc1ccccc1. The molecule has 2 aromatic rings. The third-order valence-electron chi connectivity index (χ3n) is 2.62. The summed E-state index contributed by atoms with van der Waals surface area (Å²) in [6.45, 7) is 2.32. The van der Waals surface area contributed by atoms with E-state index in [1.54, 1.807) is 0 Å². The van der Waals surface area contributed by atoms with Crippen LogP contribution in [-0.4, -0.2) is 27.5 Å². The van der Waals surface area contributed by atoms with E-state index < -0.39 is 4.92 Å². The molecule has 0 bridgehead atoms. The van der Waals surface area contributed by atoms with Gasteiger partial charge in [-0.1, -0.05) is 18.2 Å². The maximum atomic E-state index is 10.6. The molecule has 0 aliphatic heterocycles. The van der Waals surface area contributed by atoms with Gasteiger partial charge in [0.1, 0.15) is 18.1 Å². The van der Waals surface area contributed by atoms with Crippen LogP contribution in [-0.2, 0) is 0 Å². The van der Waals surface area contributed by atoms with Gasteiger partial charge >= 0.3 is 5.69 Å². The lowest BCUT2D eigenvalue weighted by Gasteiger charge is -2.15. The minimum absolute atomic E-state index is 0.132. The van der Waals surface area contributed by atoms with E-state index in [1.165, 1.54) is 0 Å². The molecule has 0 saturated heterocycles. The number of nitrogen functional groups attached to an aromatic ring is 1. The lowest BCUT2D eigenvalue weighted by molar-refractivity contribution is -0.384. The van der Waals surface area contributed by atoms with Crippen LogP contribution in [0, 0.1) is 10.1 Å². The first-order valence-electron chi connectivity index (χ1n) is 6.28. The highest BCUT2D eigenvalue weighted by Crippen LogP contribution is 2.18. The topological polar surface area (TPSA) is 116 Å². The quantitative estimate of drug-likeness (QED) is 0.615. The Bertz CT molecular complexity index is 620. The van der Waals surface area contributed by atoms with Gasteiger partial charge in [-0.05, 0) is 19.1 Å². The van der Waals surface area contributed by atoms with E-state index in [4.69, 9.17) is 10.5 Å². The Morgan fingerprint density at radius 3 is 2.76 bits per heavy atom. The fourth-order valence-electron chi connectivity index (χ4n) is 1.62. The lowest BCUT2D eigenvalue weighted by Crippen LogP contribution is -2.23. The van der Waals surface area contributed by atoms with Gasteiger partial charge in [-0.2, -0.15) is 4.98 Å². The average molecular weight is 289 g/mol. The molecule has 0 aliphatic carbocycles. The van der Waals surface area contributed by atoms with Gasteiger partial charge in [-0.3, -0.25) is 10.1 Å². The molecule has 1 aromatic carbocycles. The summed E-state index contributed by atoms with van der Waals surface area (Å²) in [7, 11) is 0. The normalized spacial score (nSPS) is 11.7. The van der Waals surface area contributed by atoms with Gasteiger partial charge in [-0.15, -0.1) is 0 Å². The van der Waals surface area contributed by atoms with E-state index in [0.717, 1.165) is 11.9 Å². The van der Waals surface area contributed by atoms with Crippen molar-refractivity contribution in [1.82, 2.24) is 9.97 Å². The van der Waals surface area contributed by atoms with Crippen LogP contribution in [0.25, 0.3) is 0 Å². The lowest BCUT2D eigenvalue weighted by atomic mass is 10.3. The van der Waals surface area contributed by atoms with Crippen LogP contribution in [0.2, 0.25) is 0 Å². The highest BCUT2D eigenvalue weighted by atomic mass is 16.6. The number of para-hydroxylation sites is 1. The molecule has 1 heterocycles. The summed E-state index contributed by atoms with van der Waals surface area (Å²) in [6, 6.07) is 9.39. The second-order valence-corrected chi connectivity index (χ2v) is 4.34. The zero-order valence-electron chi connectivity index (χ0n) is 11.4. The number of hydrogen-bond acceptors (Lipinski definition) is 7. The number of nitrogens with zero attached hydrogens (tertiary/aromatic N) is 3. The van der Waals surface area contributed by atoms with E-state index in [1.807, 2.05) is 37.3 Å². The van der Waals surface area contributed by atoms with Crippen molar-refractivity contribution in [2.24, 2.45) is 0 Å². The number of benzene rings is 1. The van der Waals surface area contributed by atoms with Gasteiger partial charge in [-0.25, -0.2) is 4.98 Å². The van der Waals surface area contributed by atoms with Crippen molar-refractivity contribution in [3.05, 3.63) is 46.6 Å². The third-order valence-corrected chi connectivity index (χ3v) is 2.62. The number of rotatable bonds is 6. The smallest absolute Gasteiger partial charge is 0.329 e. The summed E-state index contributed by atoms with van der Waals surface area (Å²) in [5, 5.41) is 13.5. The van der Waals surface area contributed by atoms with Crippen molar-refractivity contribution in [2.75, 3.05) is 17.6 Å². The van der Waals surface area contributed by atoms with E-state index in [-0.39, 0.29) is 23.6 Å². The number of anilines is 2. The van der Waals surface area contributed by atoms with E-state index in [2.05, 4.69) is 15.3 Å². The van der Waals surface area contributed by atoms with Crippen LogP contribution in [0.15, 0.2) is 36.5 Å². The molecule has 1 atom stereocenters. The Labute approximate surface area is 121 Å². The molecule has 3 N–H and O–H groups in total. The molecule has 0 saturated carbocycles. The maximum absolute atomic E-state index is 10.6.